The molecule has 0 atom stereocenters. The molecule has 2 aromatic carbocycles. The van der Waals surface area contributed by atoms with Gasteiger partial charge in [-0.25, -0.2) is 4.79 Å². The van der Waals surface area contributed by atoms with Gasteiger partial charge in [0.15, 0.2) is 18.1 Å². The predicted octanol–water partition coefficient (Wildman–Crippen LogP) is 3.16. The molecule has 0 saturated carbocycles. The van der Waals surface area contributed by atoms with Gasteiger partial charge in [-0.05, 0) is 18.2 Å². The van der Waals surface area contributed by atoms with E-state index in [0.29, 0.717) is 16.5 Å². The Morgan fingerprint density at radius 1 is 0.963 bits per heavy atom. The number of ether oxygens (including phenoxy) is 1. The van der Waals surface area contributed by atoms with Crippen LogP contribution >= 0.6 is 0 Å². The van der Waals surface area contributed by atoms with Crippen LogP contribution in [0.2, 0.25) is 0 Å². The van der Waals surface area contributed by atoms with Crippen molar-refractivity contribution in [3.8, 4) is 5.69 Å². The lowest BCUT2D eigenvalue weighted by Gasteiger charge is -2.16. The van der Waals surface area contributed by atoms with Gasteiger partial charge in [0, 0.05) is 10.8 Å². The lowest BCUT2D eigenvalue weighted by molar-refractivity contribution is -0.129. The number of para-hydroxylation sites is 1. The summed E-state index contributed by atoms with van der Waals surface area (Å²) in [5.74, 6) is -0.940. The summed E-state index contributed by atoms with van der Waals surface area (Å²) in [6.07, 6.45) is 0. The summed E-state index contributed by atoms with van der Waals surface area (Å²) in [7, 11) is 0. The Morgan fingerprint density at radius 3 is 2.19 bits per heavy atom. The van der Waals surface area contributed by atoms with Crippen LogP contribution in [-0.2, 0) is 9.53 Å². The highest BCUT2D eigenvalue weighted by Gasteiger charge is 2.24. The van der Waals surface area contributed by atoms with E-state index in [1.807, 2.05) is 6.07 Å². The van der Waals surface area contributed by atoms with Crippen LogP contribution in [0.15, 0.2) is 59.4 Å². The number of aromatic nitrogens is 2. The molecule has 1 aromatic heterocycles. The topological polar surface area (TPSA) is 78.3 Å². The second-order valence-corrected chi connectivity index (χ2v) is 7.20. The van der Waals surface area contributed by atoms with E-state index >= 15 is 0 Å². The Morgan fingerprint density at radius 2 is 1.56 bits per heavy atom. The average molecular weight is 364 g/mol. The van der Waals surface area contributed by atoms with Gasteiger partial charge >= 0.3 is 5.97 Å². The first-order chi connectivity index (χ1) is 12.8. The molecule has 0 spiro atoms. The summed E-state index contributed by atoms with van der Waals surface area (Å²) in [6.45, 7) is 4.92. The van der Waals surface area contributed by atoms with Crippen molar-refractivity contribution in [3.63, 3.8) is 0 Å². The first-order valence-electron chi connectivity index (χ1n) is 8.57. The van der Waals surface area contributed by atoms with Crippen molar-refractivity contribution in [3.05, 3.63) is 70.6 Å². The third kappa shape index (κ3) is 3.79. The Kier molecular flexibility index (Phi) is 4.90. The average Bonchev–Trinajstić information content (AvgIpc) is 2.66. The summed E-state index contributed by atoms with van der Waals surface area (Å²) >= 11 is 0. The van der Waals surface area contributed by atoms with E-state index < -0.39 is 11.4 Å². The van der Waals surface area contributed by atoms with Gasteiger partial charge in [0.25, 0.3) is 5.56 Å². The molecule has 0 fully saturated rings. The van der Waals surface area contributed by atoms with Crippen LogP contribution in [0, 0.1) is 5.41 Å². The summed E-state index contributed by atoms with van der Waals surface area (Å²) in [6, 6.07) is 15.5. The SMILES string of the molecule is CC(C)(C)C(=O)COC(=O)c1nn(-c2ccccc2)c(=O)c2ccccc12. The monoisotopic (exact) mass is 364 g/mol. The first kappa shape index (κ1) is 18.5. The van der Waals surface area contributed by atoms with Crippen molar-refractivity contribution in [1.29, 1.82) is 0 Å². The van der Waals surface area contributed by atoms with E-state index in [0.717, 1.165) is 0 Å². The van der Waals surface area contributed by atoms with Crippen molar-refractivity contribution in [2.24, 2.45) is 5.41 Å². The zero-order valence-corrected chi connectivity index (χ0v) is 15.4. The summed E-state index contributed by atoms with van der Waals surface area (Å²) in [5.41, 5.74) is -0.415. The van der Waals surface area contributed by atoms with Gasteiger partial charge in [-0.3, -0.25) is 9.59 Å². The molecule has 0 aliphatic rings. The number of nitrogens with zero attached hydrogens (tertiary/aromatic N) is 2. The predicted molar refractivity (Wildman–Crippen MR) is 102 cm³/mol. The number of Topliss-reactive ketones (excluding diaryl/α,β-unsaturated/α-hetero) is 1. The Balaban J connectivity index is 2.07. The molecule has 0 aliphatic heterocycles. The molecule has 0 radical (unpaired) electrons. The Bertz CT molecular complexity index is 1060. The van der Waals surface area contributed by atoms with Crippen LogP contribution in [0.4, 0.5) is 0 Å². The van der Waals surface area contributed by atoms with E-state index in [-0.39, 0.29) is 23.6 Å². The fourth-order valence-electron chi connectivity index (χ4n) is 2.50. The normalized spacial score (nSPS) is 11.4. The van der Waals surface area contributed by atoms with Crippen molar-refractivity contribution in [2.45, 2.75) is 20.8 Å². The number of hydrogen-bond acceptors (Lipinski definition) is 5. The maximum absolute atomic E-state index is 12.8. The van der Waals surface area contributed by atoms with Crippen LogP contribution in [0.5, 0.6) is 0 Å². The lowest BCUT2D eigenvalue weighted by atomic mass is 9.91. The van der Waals surface area contributed by atoms with E-state index in [9.17, 15) is 14.4 Å². The minimum atomic E-state index is -0.742. The zero-order valence-electron chi connectivity index (χ0n) is 15.4. The largest absolute Gasteiger partial charge is 0.453 e. The molecule has 6 heteroatoms. The van der Waals surface area contributed by atoms with Crippen molar-refractivity contribution >= 4 is 22.5 Å². The number of benzene rings is 2. The fourth-order valence-corrected chi connectivity index (χ4v) is 2.50. The third-order valence-electron chi connectivity index (χ3n) is 4.17. The maximum atomic E-state index is 12.8. The smallest absolute Gasteiger partial charge is 0.359 e. The van der Waals surface area contributed by atoms with Crippen molar-refractivity contribution < 1.29 is 14.3 Å². The lowest BCUT2D eigenvalue weighted by Crippen LogP contribution is -2.28. The highest BCUT2D eigenvalue weighted by molar-refractivity contribution is 6.03. The van der Waals surface area contributed by atoms with Crippen LogP contribution < -0.4 is 5.56 Å². The van der Waals surface area contributed by atoms with Gasteiger partial charge in [-0.2, -0.15) is 9.78 Å². The maximum Gasteiger partial charge on any atom is 0.359 e. The molecule has 0 aliphatic carbocycles. The number of carbonyl (C=O) groups is 2. The first-order valence-corrected chi connectivity index (χ1v) is 8.57. The van der Waals surface area contributed by atoms with Crippen LogP contribution in [0.25, 0.3) is 16.5 Å². The van der Waals surface area contributed by atoms with Crippen LogP contribution in [0.3, 0.4) is 0 Å². The van der Waals surface area contributed by atoms with Crippen molar-refractivity contribution in [1.82, 2.24) is 9.78 Å². The van der Waals surface area contributed by atoms with Crippen molar-refractivity contribution in [2.75, 3.05) is 6.61 Å². The molecule has 0 unspecified atom stereocenters. The molecule has 0 saturated heterocycles. The molecular weight excluding hydrogens is 344 g/mol. The number of ketones is 1. The molecule has 1 heterocycles. The minimum Gasteiger partial charge on any atom is -0.453 e. The van der Waals surface area contributed by atoms with Gasteiger partial charge in [0.05, 0.1) is 11.1 Å². The number of hydrogen-bond donors (Lipinski definition) is 0. The van der Waals surface area contributed by atoms with E-state index in [1.165, 1.54) is 4.68 Å². The quantitative estimate of drug-likeness (QED) is 0.665. The molecule has 6 nitrogen and oxygen atoms in total. The van der Waals surface area contributed by atoms with E-state index in [2.05, 4.69) is 5.10 Å². The standard InChI is InChI=1S/C21H20N2O4/c1-21(2,3)17(24)13-27-20(26)18-15-11-7-8-12-16(15)19(25)23(22-18)14-9-5-4-6-10-14/h4-12H,13H2,1-3H3. The third-order valence-corrected chi connectivity index (χ3v) is 4.17. The Labute approximate surface area is 156 Å². The number of fused-ring (bicyclic) bond motifs is 1. The van der Waals surface area contributed by atoms with Crippen LogP contribution in [-0.4, -0.2) is 28.1 Å². The molecule has 3 rings (SSSR count). The minimum absolute atomic E-state index is 0.00392. The molecule has 0 N–H and O–H groups in total. The van der Waals surface area contributed by atoms with Gasteiger partial charge in [0.1, 0.15) is 0 Å². The summed E-state index contributed by atoms with van der Waals surface area (Å²) < 4.78 is 6.36. The summed E-state index contributed by atoms with van der Waals surface area (Å²) in [4.78, 5) is 37.5. The number of esters is 1. The van der Waals surface area contributed by atoms with Gasteiger partial charge < -0.3 is 4.74 Å². The molecule has 0 amide bonds. The highest BCUT2D eigenvalue weighted by Crippen LogP contribution is 2.18. The summed E-state index contributed by atoms with van der Waals surface area (Å²) in [5, 5.41) is 4.97. The van der Waals surface area contributed by atoms with Gasteiger partial charge in [-0.15, -0.1) is 0 Å². The van der Waals surface area contributed by atoms with E-state index in [4.69, 9.17) is 4.74 Å². The second-order valence-electron chi connectivity index (χ2n) is 7.20. The van der Waals surface area contributed by atoms with Gasteiger partial charge in [-0.1, -0.05) is 57.2 Å². The number of carbonyl (C=O) groups excluding carboxylic acids is 2. The molecule has 0 bridgehead atoms. The molecule has 138 valence electrons. The van der Waals surface area contributed by atoms with Gasteiger partial charge in [0.2, 0.25) is 0 Å². The molecular formula is C21H20N2O4. The Hall–Kier alpha value is -3.28. The van der Waals surface area contributed by atoms with E-state index in [1.54, 1.807) is 69.3 Å². The zero-order chi connectivity index (χ0) is 19.6. The molecule has 3 aromatic rings. The highest BCUT2D eigenvalue weighted by atomic mass is 16.5. The second kappa shape index (κ2) is 7.15. The fraction of sp³-hybridized carbons (Fsp3) is 0.238. The molecule has 27 heavy (non-hydrogen) atoms. The van der Waals surface area contributed by atoms with Crippen LogP contribution in [0.1, 0.15) is 31.3 Å². The number of rotatable bonds is 4.